The van der Waals surface area contributed by atoms with E-state index in [-0.39, 0.29) is 69.1 Å². The van der Waals surface area contributed by atoms with Crippen molar-refractivity contribution < 1.29 is 70.8 Å². The van der Waals surface area contributed by atoms with Crippen LogP contribution in [0.4, 0.5) is 0 Å². The standard InChI is InChI=1S/C11H13NO4.K/c12-7-3-6-10(13)16-9-5-2-1-4-8(9)11(14)15;/h1-2,4-5H,3,6-7,12H2,(H,14,15);/q;+1/p-1. The van der Waals surface area contributed by atoms with Crippen LogP contribution in [0, 0.1) is 0 Å². The summed E-state index contributed by atoms with van der Waals surface area (Å²) in [6.07, 6.45) is 0.671. The maximum absolute atomic E-state index is 11.3. The number of carbonyl (C=O) groups is 2. The van der Waals surface area contributed by atoms with Crippen LogP contribution in [0.3, 0.4) is 0 Å². The molecule has 0 saturated heterocycles. The Balaban J connectivity index is 0.00000256. The first kappa shape index (κ1) is 16.8. The average Bonchev–Trinajstić information content (AvgIpc) is 2.27. The molecule has 5 nitrogen and oxygen atoms in total. The largest absolute Gasteiger partial charge is 1.00 e. The number of carboxylic acid groups (broad SMARTS) is 1. The number of nitrogens with two attached hydrogens (primary N) is 1. The predicted octanol–water partition coefficient (Wildman–Crippen LogP) is -3.30. The molecule has 17 heavy (non-hydrogen) atoms. The molecule has 0 radical (unpaired) electrons. The van der Waals surface area contributed by atoms with Gasteiger partial charge in [0.25, 0.3) is 0 Å². The van der Waals surface area contributed by atoms with Crippen molar-refractivity contribution in [3.05, 3.63) is 29.8 Å². The van der Waals surface area contributed by atoms with Crippen molar-refractivity contribution in [1.29, 1.82) is 0 Å². The van der Waals surface area contributed by atoms with Gasteiger partial charge in [-0.3, -0.25) is 4.79 Å². The van der Waals surface area contributed by atoms with E-state index in [4.69, 9.17) is 10.5 Å². The SMILES string of the molecule is NCCCC(=O)Oc1ccccc1C(=O)[O-].[K+]. The zero-order valence-corrected chi connectivity index (χ0v) is 12.8. The van der Waals surface area contributed by atoms with Crippen LogP contribution in [-0.2, 0) is 4.79 Å². The van der Waals surface area contributed by atoms with Crippen molar-refractivity contribution in [1.82, 2.24) is 0 Å². The molecule has 0 aliphatic carbocycles. The van der Waals surface area contributed by atoms with E-state index in [0.717, 1.165) is 0 Å². The quantitative estimate of drug-likeness (QED) is 0.340. The molecule has 0 unspecified atom stereocenters. The van der Waals surface area contributed by atoms with Crippen molar-refractivity contribution in [2.24, 2.45) is 5.73 Å². The number of esters is 1. The fraction of sp³-hybridized carbons (Fsp3) is 0.273. The second-order valence-corrected chi connectivity index (χ2v) is 3.15. The smallest absolute Gasteiger partial charge is 0.545 e. The number of carboxylic acids is 1. The third kappa shape index (κ3) is 5.76. The van der Waals surface area contributed by atoms with Crippen molar-refractivity contribution in [3.8, 4) is 5.75 Å². The van der Waals surface area contributed by atoms with Gasteiger partial charge in [0.15, 0.2) is 0 Å². The fourth-order valence-corrected chi connectivity index (χ4v) is 1.14. The molecule has 0 fully saturated rings. The molecule has 0 aliphatic heterocycles. The molecule has 0 saturated carbocycles. The van der Waals surface area contributed by atoms with Gasteiger partial charge < -0.3 is 20.4 Å². The molecule has 0 amide bonds. The minimum Gasteiger partial charge on any atom is -0.545 e. The molecule has 0 aromatic heterocycles. The van der Waals surface area contributed by atoms with Crippen molar-refractivity contribution in [3.63, 3.8) is 0 Å². The molecule has 86 valence electrons. The van der Waals surface area contributed by atoms with E-state index >= 15 is 0 Å². The summed E-state index contributed by atoms with van der Waals surface area (Å²) in [6.45, 7) is 0.386. The summed E-state index contributed by atoms with van der Waals surface area (Å²) >= 11 is 0. The summed E-state index contributed by atoms with van der Waals surface area (Å²) in [5, 5.41) is 10.7. The van der Waals surface area contributed by atoms with Crippen LogP contribution >= 0.6 is 0 Å². The van der Waals surface area contributed by atoms with Gasteiger partial charge in [0, 0.05) is 12.0 Å². The maximum atomic E-state index is 11.3. The van der Waals surface area contributed by atoms with Gasteiger partial charge in [0.1, 0.15) is 5.75 Å². The van der Waals surface area contributed by atoms with Crippen molar-refractivity contribution in [2.45, 2.75) is 12.8 Å². The number of para-hydroxylation sites is 1. The van der Waals surface area contributed by atoms with Crippen molar-refractivity contribution in [2.75, 3.05) is 6.54 Å². The van der Waals surface area contributed by atoms with Gasteiger partial charge in [0.2, 0.25) is 0 Å². The first-order valence-corrected chi connectivity index (χ1v) is 4.86. The predicted molar refractivity (Wildman–Crippen MR) is 54.7 cm³/mol. The van der Waals surface area contributed by atoms with Gasteiger partial charge >= 0.3 is 57.4 Å². The summed E-state index contributed by atoms with van der Waals surface area (Å²) in [5.41, 5.74) is 5.10. The van der Waals surface area contributed by atoms with Crippen LogP contribution in [0.25, 0.3) is 0 Å². The van der Waals surface area contributed by atoms with E-state index in [9.17, 15) is 14.7 Å². The first-order valence-electron chi connectivity index (χ1n) is 4.86. The Bertz CT molecular complexity index is 395. The van der Waals surface area contributed by atoms with Crippen LogP contribution in [0.15, 0.2) is 24.3 Å². The molecule has 6 heteroatoms. The molecular formula is C11H12KNO4. The molecular weight excluding hydrogens is 249 g/mol. The zero-order chi connectivity index (χ0) is 12.0. The Labute approximate surface area is 142 Å². The number of hydrogen-bond donors (Lipinski definition) is 1. The van der Waals surface area contributed by atoms with Crippen LogP contribution < -0.4 is 67.0 Å². The fourth-order valence-electron chi connectivity index (χ4n) is 1.14. The first-order chi connectivity index (χ1) is 7.65. The Morgan fingerprint density at radius 3 is 2.53 bits per heavy atom. The second-order valence-electron chi connectivity index (χ2n) is 3.15. The summed E-state index contributed by atoms with van der Waals surface area (Å²) in [5.74, 6) is -1.87. The minimum atomic E-state index is -1.37. The second kappa shape index (κ2) is 8.79. The molecule has 1 aromatic rings. The van der Waals surface area contributed by atoms with Gasteiger partial charge in [-0.25, -0.2) is 0 Å². The van der Waals surface area contributed by atoms with E-state index in [1.165, 1.54) is 18.2 Å². The average molecular weight is 261 g/mol. The Kier molecular flexibility index (Phi) is 8.66. The van der Waals surface area contributed by atoms with Crippen LogP contribution in [0.1, 0.15) is 23.2 Å². The molecule has 0 heterocycles. The third-order valence-electron chi connectivity index (χ3n) is 1.92. The third-order valence-corrected chi connectivity index (χ3v) is 1.92. The van der Waals surface area contributed by atoms with E-state index < -0.39 is 11.9 Å². The molecule has 0 aliphatic rings. The summed E-state index contributed by atoms with van der Waals surface area (Å²) < 4.78 is 4.89. The number of benzene rings is 1. The molecule has 0 spiro atoms. The number of rotatable bonds is 5. The number of aromatic carboxylic acids is 1. The van der Waals surface area contributed by atoms with Crippen LogP contribution in [0.2, 0.25) is 0 Å². The molecule has 0 atom stereocenters. The van der Waals surface area contributed by atoms with Crippen LogP contribution in [0.5, 0.6) is 5.75 Å². The summed E-state index contributed by atoms with van der Waals surface area (Å²) in [4.78, 5) is 21.9. The topological polar surface area (TPSA) is 92.5 Å². The number of hydrogen-bond acceptors (Lipinski definition) is 5. The van der Waals surface area contributed by atoms with Gasteiger partial charge in [0.05, 0.1) is 5.97 Å². The number of ether oxygens (including phenoxy) is 1. The van der Waals surface area contributed by atoms with Gasteiger partial charge in [-0.2, -0.15) is 0 Å². The van der Waals surface area contributed by atoms with Gasteiger partial charge in [-0.05, 0) is 25.1 Å². The van der Waals surface area contributed by atoms with Gasteiger partial charge in [-0.15, -0.1) is 0 Å². The Hall–Kier alpha value is -0.244. The van der Waals surface area contributed by atoms with Crippen molar-refractivity contribution >= 4 is 11.9 Å². The zero-order valence-electron chi connectivity index (χ0n) is 9.64. The van der Waals surface area contributed by atoms with E-state index in [2.05, 4.69) is 0 Å². The maximum Gasteiger partial charge on any atom is 1.00 e. The van der Waals surface area contributed by atoms with E-state index in [1.807, 2.05) is 0 Å². The van der Waals surface area contributed by atoms with Crippen LogP contribution in [-0.4, -0.2) is 18.5 Å². The Morgan fingerprint density at radius 2 is 1.94 bits per heavy atom. The summed E-state index contributed by atoms with van der Waals surface area (Å²) in [7, 11) is 0. The number of carbonyl (C=O) groups excluding carboxylic acids is 2. The molecule has 1 aromatic carbocycles. The van der Waals surface area contributed by atoms with Gasteiger partial charge in [-0.1, -0.05) is 12.1 Å². The Morgan fingerprint density at radius 1 is 1.29 bits per heavy atom. The summed E-state index contributed by atoms with van der Waals surface area (Å²) in [6, 6.07) is 5.84. The van der Waals surface area contributed by atoms with E-state index in [0.29, 0.717) is 13.0 Å². The normalized spacial score (nSPS) is 9.24. The monoisotopic (exact) mass is 261 g/mol. The molecule has 1 rings (SSSR count). The molecule has 0 bridgehead atoms. The van der Waals surface area contributed by atoms with E-state index in [1.54, 1.807) is 6.07 Å². The molecule has 2 N–H and O–H groups in total. The minimum absolute atomic E-state index is 0.